The van der Waals surface area contributed by atoms with Crippen LogP contribution in [0.4, 0.5) is 0 Å². The molecule has 29 heavy (non-hydrogen) atoms. The van der Waals surface area contributed by atoms with Crippen LogP contribution in [0.25, 0.3) is 16.9 Å². The molecule has 3 aromatic rings. The second-order valence-corrected chi connectivity index (χ2v) is 7.44. The number of esters is 1. The zero-order chi connectivity index (χ0) is 20.4. The maximum Gasteiger partial charge on any atom is 0.357 e. The minimum atomic E-state index is -0.888. The Kier molecular flexibility index (Phi) is 5.36. The third kappa shape index (κ3) is 4.49. The maximum atomic E-state index is 12.9. The molecule has 1 atom stereocenters. The highest BCUT2D eigenvalue weighted by atomic mass is 35.5. The Labute approximate surface area is 173 Å². The van der Waals surface area contributed by atoms with Gasteiger partial charge in [-0.15, -0.1) is 0 Å². The van der Waals surface area contributed by atoms with E-state index in [4.69, 9.17) is 16.3 Å². The topological polar surface area (TPSA) is 73.2 Å². The molecular formula is C22H20ClN3O3. The smallest absolute Gasteiger partial charge is 0.357 e. The van der Waals surface area contributed by atoms with E-state index in [0.29, 0.717) is 10.7 Å². The van der Waals surface area contributed by atoms with Gasteiger partial charge in [-0.05, 0) is 50.1 Å². The van der Waals surface area contributed by atoms with Crippen molar-refractivity contribution in [3.8, 4) is 16.9 Å². The van der Waals surface area contributed by atoms with Gasteiger partial charge in [0.2, 0.25) is 0 Å². The van der Waals surface area contributed by atoms with Gasteiger partial charge in [-0.3, -0.25) is 4.79 Å². The highest BCUT2D eigenvalue weighted by Crippen LogP contribution is 2.24. The van der Waals surface area contributed by atoms with Crippen LogP contribution in [-0.2, 0) is 9.53 Å². The zero-order valence-corrected chi connectivity index (χ0v) is 16.6. The lowest BCUT2D eigenvalue weighted by Crippen LogP contribution is -2.37. The van der Waals surface area contributed by atoms with Crippen molar-refractivity contribution in [2.75, 3.05) is 0 Å². The average Bonchev–Trinajstić information content (AvgIpc) is 3.43. The number of aromatic nitrogens is 2. The highest BCUT2D eigenvalue weighted by molar-refractivity contribution is 6.30. The summed E-state index contributed by atoms with van der Waals surface area (Å²) in [7, 11) is 0. The van der Waals surface area contributed by atoms with Crippen LogP contribution < -0.4 is 5.32 Å². The Morgan fingerprint density at radius 3 is 2.48 bits per heavy atom. The number of nitrogens with one attached hydrogen (secondary N) is 1. The van der Waals surface area contributed by atoms with Crippen LogP contribution in [0, 0.1) is 0 Å². The molecule has 1 heterocycles. The quantitative estimate of drug-likeness (QED) is 0.624. The number of nitrogens with zero attached hydrogens (tertiary/aromatic N) is 2. The molecule has 148 valence electrons. The number of benzene rings is 2. The number of carbonyl (C=O) groups excluding carboxylic acids is 2. The highest BCUT2D eigenvalue weighted by Gasteiger charge is 2.28. The third-order valence-electron chi connectivity index (χ3n) is 4.64. The van der Waals surface area contributed by atoms with Crippen molar-refractivity contribution >= 4 is 23.5 Å². The van der Waals surface area contributed by atoms with Gasteiger partial charge in [-0.25, -0.2) is 9.48 Å². The van der Waals surface area contributed by atoms with Crippen molar-refractivity contribution in [1.82, 2.24) is 15.1 Å². The fraction of sp³-hybridized carbons (Fsp3) is 0.227. The molecule has 0 spiro atoms. The Bertz CT molecular complexity index is 1030. The van der Waals surface area contributed by atoms with E-state index in [9.17, 15) is 9.59 Å². The molecule has 0 radical (unpaired) electrons. The van der Waals surface area contributed by atoms with Gasteiger partial charge >= 0.3 is 5.97 Å². The molecular weight excluding hydrogens is 390 g/mol. The van der Waals surface area contributed by atoms with Gasteiger partial charge in [0.05, 0.1) is 11.4 Å². The number of hydrogen-bond donors (Lipinski definition) is 1. The Morgan fingerprint density at radius 1 is 1.14 bits per heavy atom. The monoisotopic (exact) mass is 409 g/mol. The van der Waals surface area contributed by atoms with Crippen LogP contribution in [0.1, 0.15) is 30.3 Å². The lowest BCUT2D eigenvalue weighted by atomic mass is 10.1. The Morgan fingerprint density at radius 2 is 1.83 bits per heavy atom. The first-order valence-electron chi connectivity index (χ1n) is 9.44. The molecule has 1 aromatic heterocycles. The van der Waals surface area contributed by atoms with Crippen LogP contribution >= 0.6 is 11.6 Å². The molecule has 1 aliphatic carbocycles. The number of hydrogen-bond acceptors (Lipinski definition) is 4. The van der Waals surface area contributed by atoms with E-state index in [2.05, 4.69) is 10.4 Å². The SMILES string of the molecule is C[C@@H](OC(=O)c1cc(-c2ccc(Cl)cc2)nn1-c1ccccc1)C(=O)NC1CC1. The van der Waals surface area contributed by atoms with Crippen molar-refractivity contribution in [1.29, 1.82) is 0 Å². The second kappa shape index (κ2) is 8.09. The summed E-state index contributed by atoms with van der Waals surface area (Å²) in [5, 5.41) is 8.04. The number of rotatable bonds is 6. The summed E-state index contributed by atoms with van der Waals surface area (Å²) in [6.45, 7) is 1.57. The van der Waals surface area contributed by atoms with E-state index in [0.717, 1.165) is 24.1 Å². The van der Waals surface area contributed by atoms with Crippen molar-refractivity contribution < 1.29 is 14.3 Å². The van der Waals surface area contributed by atoms with E-state index in [-0.39, 0.29) is 17.6 Å². The number of halogens is 1. The molecule has 1 saturated carbocycles. The molecule has 2 aromatic carbocycles. The van der Waals surface area contributed by atoms with Crippen molar-refractivity contribution in [2.24, 2.45) is 0 Å². The molecule has 1 aliphatic rings. The van der Waals surface area contributed by atoms with E-state index in [1.165, 1.54) is 4.68 Å². The maximum absolute atomic E-state index is 12.9. The number of ether oxygens (including phenoxy) is 1. The Balaban J connectivity index is 1.64. The molecule has 7 heteroatoms. The second-order valence-electron chi connectivity index (χ2n) is 7.00. The fourth-order valence-electron chi connectivity index (χ4n) is 2.87. The fourth-order valence-corrected chi connectivity index (χ4v) is 3.00. The van der Waals surface area contributed by atoms with Gasteiger partial charge in [0.1, 0.15) is 0 Å². The first kappa shape index (κ1) is 19.2. The number of carbonyl (C=O) groups is 2. The van der Waals surface area contributed by atoms with Crippen molar-refractivity contribution in [2.45, 2.75) is 31.9 Å². The summed E-state index contributed by atoms with van der Waals surface area (Å²) in [5.41, 5.74) is 2.38. The molecule has 1 amide bonds. The van der Waals surface area contributed by atoms with Crippen LogP contribution in [0.3, 0.4) is 0 Å². The first-order chi connectivity index (χ1) is 14.0. The van der Waals surface area contributed by atoms with Crippen molar-refractivity contribution in [3.63, 3.8) is 0 Å². The van der Waals surface area contributed by atoms with E-state index in [1.807, 2.05) is 42.5 Å². The van der Waals surface area contributed by atoms with Gasteiger partial charge in [0.25, 0.3) is 5.91 Å². The Hall–Kier alpha value is -3.12. The first-order valence-corrected chi connectivity index (χ1v) is 9.82. The molecule has 1 fully saturated rings. The summed E-state index contributed by atoms with van der Waals surface area (Å²) < 4.78 is 6.95. The van der Waals surface area contributed by atoms with Gasteiger partial charge < -0.3 is 10.1 Å². The molecule has 4 rings (SSSR count). The van der Waals surface area contributed by atoms with Crippen molar-refractivity contribution in [3.05, 3.63) is 71.4 Å². The van der Waals surface area contributed by atoms with E-state index < -0.39 is 12.1 Å². The normalized spacial score (nSPS) is 14.3. The van der Waals surface area contributed by atoms with Gasteiger partial charge in [-0.2, -0.15) is 5.10 Å². The average molecular weight is 410 g/mol. The van der Waals surface area contributed by atoms with Crippen LogP contribution in [0.5, 0.6) is 0 Å². The summed E-state index contributed by atoms with van der Waals surface area (Å²) in [4.78, 5) is 25.0. The van der Waals surface area contributed by atoms with Crippen LogP contribution in [0.15, 0.2) is 60.7 Å². The van der Waals surface area contributed by atoms with E-state index in [1.54, 1.807) is 25.1 Å². The standard InChI is InChI=1S/C22H20ClN3O3/c1-14(21(27)24-17-11-12-17)29-22(28)20-13-19(15-7-9-16(23)10-8-15)25-26(20)18-5-3-2-4-6-18/h2-10,13-14,17H,11-12H2,1H3,(H,24,27)/t14-/m1/s1. The predicted molar refractivity (Wildman–Crippen MR) is 110 cm³/mol. The minimum Gasteiger partial charge on any atom is -0.448 e. The molecule has 1 N–H and O–H groups in total. The zero-order valence-electron chi connectivity index (χ0n) is 15.8. The molecule has 0 unspecified atom stereocenters. The summed E-state index contributed by atoms with van der Waals surface area (Å²) in [5.74, 6) is -0.899. The number of para-hydroxylation sites is 1. The molecule has 0 aliphatic heterocycles. The lowest BCUT2D eigenvalue weighted by molar-refractivity contribution is -0.129. The van der Waals surface area contributed by atoms with Gasteiger partial charge in [0.15, 0.2) is 11.8 Å². The summed E-state index contributed by atoms with van der Waals surface area (Å²) >= 11 is 5.97. The van der Waals surface area contributed by atoms with Gasteiger partial charge in [-0.1, -0.05) is 41.9 Å². The van der Waals surface area contributed by atoms with E-state index >= 15 is 0 Å². The summed E-state index contributed by atoms with van der Waals surface area (Å²) in [6.07, 6.45) is 1.05. The van der Waals surface area contributed by atoms with Crippen LogP contribution in [0.2, 0.25) is 5.02 Å². The molecule has 0 saturated heterocycles. The largest absolute Gasteiger partial charge is 0.448 e. The molecule has 0 bridgehead atoms. The summed E-state index contributed by atoms with van der Waals surface area (Å²) in [6, 6.07) is 18.4. The lowest BCUT2D eigenvalue weighted by Gasteiger charge is -2.13. The predicted octanol–water partition coefficient (Wildman–Crippen LogP) is 4.02. The number of amides is 1. The molecule has 6 nitrogen and oxygen atoms in total. The minimum absolute atomic E-state index is 0.204. The third-order valence-corrected chi connectivity index (χ3v) is 4.89. The van der Waals surface area contributed by atoms with Gasteiger partial charge in [0, 0.05) is 16.6 Å². The van der Waals surface area contributed by atoms with Crippen LogP contribution in [-0.4, -0.2) is 33.8 Å².